The number of carboxylic acid groups (broad SMARTS) is 1. The third-order valence-corrected chi connectivity index (χ3v) is 5.91. The van der Waals surface area contributed by atoms with Gasteiger partial charge in [0.2, 0.25) is 5.91 Å². The summed E-state index contributed by atoms with van der Waals surface area (Å²) in [5, 5.41) is 21.8. The zero-order chi connectivity index (χ0) is 27.3. The molecule has 13 heteroatoms. The van der Waals surface area contributed by atoms with Gasteiger partial charge in [-0.25, -0.2) is 9.48 Å². The molecule has 0 spiro atoms. The van der Waals surface area contributed by atoms with Gasteiger partial charge in [0.15, 0.2) is 0 Å². The quantitative estimate of drug-likeness (QED) is 0.182. The molecule has 1 atom stereocenters. The lowest BCUT2D eigenvalue weighted by molar-refractivity contribution is -0.136. The fourth-order valence-electron chi connectivity index (χ4n) is 4.04. The fraction of sp³-hybridized carbons (Fsp3) is 0.560. The van der Waals surface area contributed by atoms with E-state index < -0.39 is 18.0 Å². The van der Waals surface area contributed by atoms with Crippen molar-refractivity contribution < 1.29 is 33.7 Å². The van der Waals surface area contributed by atoms with Crippen LogP contribution in [0.25, 0.3) is 10.8 Å². The van der Waals surface area contributed by atoms with E-state index >= 15 is 0 Å². The number of ether oxygens (including phenoxy) is 3. The lowest BCUT2D eigenvalue weighted by Crippen LogP contribution is -2.45. The Hall–Kier alpha value is -3.55. The Morgan fingerprint density at radius 1 is 1.05 bits per heavy atom. The van der Waals surface area contributed by atoms with Crippen LogP contribution in [-0.2, 0) is 23.8 Å². The van der Waals surface area contributed by atoms with Gasteiger partial charge in [0.05, 0.1) is 37.5 Å². The molecule has 38 heavy (non-hydrogen) atoms. The van der Waals surface area contributed by atoms with Crippen LogP contribution in [0.5, 0.6) is 0 Å². The molecule has 3 rings (SSSR count). The van der Waals surface area contributed by atoms with Gasteiger partial charge in [-0.05, 0) is 32.3 Å². The number of rotatable bonds is 16. The highest BCUT2D eigenvalue weighted by Gasteiger charge is 2.30. The molecule has 13 nitrogen and oxygen atoms in total. The van der Waals surface area contributed by atoms with Crippen LogP contribution in [0.2, 0.25) is 0 Å². The van der Waals surface area contributed by atoms with Crippen molar-refractivity contribution in [3.05, 3.63) is 34.2 Å². The van der Waals surface area contributed by atoms with Gasteiger partial charge < -0.3 is 30.0 Å². The van der Waals surface area contributed by atoms with Gasteiger partial charge in [-0.2, -0.15) is 5.10 Å². The Labute approximate surface area is 219 Å². The van der Waals surface area contributed by atoms with Gasteiger partial charge in [-0.3, -0.25) is 19.7 Å². The number of imide groups is 1. The summed E-state index contributed by atoms with van der Waals surface area (Å²) in [4.78, 5) is 47.5. The van der Waals surface area contributed by atoms with Gasteiger partial charge >= 0.3 is 6.09 Å². The van der Waals surface area contributed by atoms with Crippen LogP contribution in [0.15, 0.2) is 23.0 Å². The molecule has 208 valence electrons. The third kappa shape index (κ3) is 8.50. The Bertz CT molecular complexity index is 1170. The number of carbonyl (C=O) groups is 3. The monoisotopic (exact) mass is 533 g/mol. The number of fused-ring (bicyclic) bond motifs is 1. The van der Waals surface area contributed by atoms with Crippen LogP contribution in [0.4, 0.5) is 10.5 Å². The predicted octanol–water partition coefficient (Wildman–Crippen LogP) is 1.19. The molecule has 1 saturated heterocycles. The molecule has 1 aromatic heterocycles. The van der Waals surface area contributed by atoms with Crippen LogP contribution >= 0.6 is 0 Å². The maximum atomic E-state index is 13.3. The smallest absolute Gasteiger partial charge is 0.404 e. The zero-order valence-corrected chi connectivity index (χ0v) is 21.5. The molecule has 2 aromatic rings. The number of hydrogen-bond acceptors (Lipinski definition) is 9. The second-order valence-electron chi connectivity index (χ2n) is 8.73. The molecule has 0 bridgehead atoms. The largest absolute Gasteiger partial charge is 0.465 e. The SMILES string of the molecule is Cc1nn(C2CCC(=O)NC2=O)c(=O)c2c(NCCCOCCOCCOCCCNC(=O)O)cccc12. The third-order valence-electron chi connectivity index (χ3n) is 5.91. The average molecular weight is 534 g/mol. The van der Waals surface area contributed by atoms with E-state index in [1.807, 2.05) is 18.2 Å². The van der Waals surface area contributed by atoms with Gasteiger partial charge in [0, 0.05) is 43.8 Å². The number of nitrogens with one attached hydrogen (secondary N) is 3. The molecule has 0 radical (unpaired) electrons. The van der Waals surface area contributed by atoms with Crippen molar-refractivity contribution in [2.75, 3.05) is 58.0 Å². The summed E-state index contributed by atoms with van der Waals surface area (Å²) in [6, 6.07) is 4.67. The highest BCUT2D eigenvalue weighted by atomic mass is 16.5. The summed E-state index contributed by atoms with van der Waals surface area (Å²) in [7, 11) is 0. The Kier molecular flexibility index (Phi) is 11.5. The van der Waals surface area contributed by atoms with Crippen LogP contribution in [0.1, 0.15) is 37.4 Å². The number of benzene rings is 1. The van der Waals surface area contributed by atoms with Crippen LogP contribution in [0, 0.1) is 6.92 Å². The first kappa shape index (κ1) is 29.0. The van der Waals surface area contributed by atoms with Crippen LogP contribution in [-0.4, -0.2) is 85.5 Å². The summed E-state index contributed by atoms with van der Waals surface area (Å²) in [6.07, 6.45) is 0.665. The van der Waals surface area contributed by atoms with E-state index in [-0.39, 0.29) is 24.3 Å². The number of aryl methyl sites for hydroxylation is 1. The molecule has 1 unspecified atom stereocenters. The van der Waals surface area contributed by atoms with Gasteiger partial charge in [0.25, 0.3) is 11.5 Å². The maximum absolute atomic E-state index is 13.3. The highest BCUT2D eigenvalue weighted by molar-refractivity contribution is 6.00. The number of amides is 3. The fourth-order valence-corrected chi connectivity index (χ4v) is 4.04. The predicted molar refractivity (Wildman–Crippen MR) is 138 cm³/mol. The highest BCUT2D eigenvalue weighted by Crippen LogP contribution is 2.24. The lowest BCUT2D eigenvalue weighted by Gasteiger charge is -2.23. The first-order valence-corrected chi connectivity index (χ1v) is 12.7. The minimum atomic E-state index is -1.04. The number of carbonyl (C=O) groups excluding carboxylic acids is 2. The molecule has 1 aliphatic rings. The summed E-state index contributed by atoms with van der Waals surface area (Å²) >= 11 is 0. The topological polar surface area (TPSA) is 170 Å². The summed E-state index contributed by atoms with van der Waals surface area (Å²) in [6.45, 7) is 5.44. The number of hydrogen-bond donors (Lipinski definition) is 4. The first-order chi connectivity index (χ1) is 18.4. The standard InChI is InChI=1S/C25H35N5O8/c1-17-18-5-2-6-19(22(18)24(33)30(29-17)20-7-8-21(31)28-23(20)32)26-9-3-11-36-13-15-38-16-14-37-12-4-10-27-25(34)35/h2,5-6,20,26-27H,3-4,7-16H2,1H3,(H,34,35)(H,28,31,32). The zero-order valence-electron chi connectivity index (χ0n) is 21.5. The maximum Gasteiger partial charge on any atom is 0.404 e. The molecule has 0 aliphatic carbocycles. The minimum absolute atomic E-state index is 0.161. The van der Waals surface area contributed by atoms with Crippen LogP contribution < -0.4 is 21.5 Å². The van der Waals surface area contributed by atoms with E-state index in [4.69, 9.17) is 19.3 Å². The normalized spacial score (nSPS) is 15.4. The van der Waals surface area contributed by atoms with Gasteiger partial charge in [0.1, 0.15) is 6.04 Å². The summed E-state index contributed by atoms with van der Waals surface area (Å²) in [5.41, 5.74) is 0.899. The second-order valence-corrected chi connectivity index (χ2v) is 8.73. The van der Waals surface area contributed by atoms with E-state index in [0.717, 1.165) is 0 Å². The number of nitrogens with zero attached hydrogens (tertiary/aromatic N) is 2. The van der Waals surface area contributed by atoms with E-state index in [2.05, 4.69) is 21.0 Å². The number of aromatic nitrogens is 2. The number of anilines is 1. The minimum Gasteiger partial charge on any atom is -0.465 e. The Morgan fingerprint density at radius 2 is 1.71 bits per heavy atom. The van der Waals surface area contributed by atoms with Crippen molar-refractivity contribution in [1.82, 2.24) is 20.4 Å². The van der Waals surface area contributed by atoms with E-state index in [9.17, 15) is 19.2 Å². The molecule has 2 heterocycles. The Balaban J connectivity index is 1.38. The van der Waals surface area contributed by atoms with E-state index in [0.29, 0.717) is 87.7 Å². The summed E-state index contributed by atoms with van der Waals surface area (Å²) in [5.74, 6) is -0.860. The lowest BCUT2D eigenvalue weighted by atomic mass is 10.1. The molecular formula is C25H35N5O8. The first-order valence-electron chi connectivity index (χ1n) is 12.7. The van der Waals surface area contributed by atoms with Crippen LogP contribution in [0.3, 0.4) is 0 Å². The number of piperidine rings is 1. The second kappa shape index (κ2) is 15.0. The molecule has 3 amide bonds. The van der Waals surface area contributed by atoms with Gasteiger partial charge in [-0.1, -0.05) is 12.1 Å². The molecule has 1 aromatic carbocycles. The molecule has 0 saturated carbocycles. The summed E-state index contributed by atoms with van der Waals surface area (Å²) < 4.78 is 17.6. The Morgan fingerprint density at radius 3 is 2.37 bits per heavy atom. The van der Waals surface area contributed by atoms with Gasteiger partial charge in [-0.15, -0.1) is 0 Å². The molecule has 1 fully saturated rings. The van der Waals surface area contributed by atoms with E-state index in [1.54, 1.807) is 6.92 Å². The van der Waals surface area contributed by atoms with Crippen molar-refractivity contribution in [1.29, 1.82) is 0 Å². The molecular weight excluding hydrogens is 498 g/mol. The van der Waals surface area contributed by atoms with Crippen molar-refractivity contribution in [3.63, 3.8) is 0 Å². The van der Waals surface area contributed by atoms with Crippen molar-refractivity contribution >= 4 is 34.4 Å². The molecule has 4 N–H and O–H groups in total. The molecule has 1 aliphatic heterocycles. The van der Waals surface area contributed by atoms with E-state index in [1.165, 1.54) is 4.68 Å². The van der Waals surface area contributed by atoms with Crippen molar-refractivity contribution in [2.45, 2.75) is 38.6 Å². The van der Waals surface area contributed by atoms with Crippen molar-refractivity contribution in [3.8, 4) is 0 Å². The average Bonchev–Trinajstić information content (AvgIpc) is 2.88. The van der Waals surface area contributed by atoms with Crippen molar-refractivity contribution in [2.24, 2.45) is 0 Å².